The van der Waals surface area contributed by atoms with E-state index in [9.17, 15) is 4.79 Å². The number of benzene rings is 2. The smallest absolute Gasteiger partial charge is 0.277 e. The van der Waals surface area contributed by atoms with Crippen LogP contribution in [0.2, 0.25) is 0 Å². The molecule has 1 aromatic heterocycles. The Labute approximate surface area is 167 Å². The lowest BCUT2D eigenvalue weighted by Crippen LogP contribution is -2.24. The van der Waals surface area contributed by atoms with Crippen molar-refractivity contribution in [1.82, 2.24) is 9.99 Å². The average Bonchev–Trinajstić information content (AvgIpc) is 3.10. The molecule has 0 atom stereocenters. The Morgan fingerprint density at radius 3 is 2.69 bits per heavy atom. The summed E-state index contributed by atoms with van der Waals surface area (Å²) >= 11 is 6.75. The Hall–Kier alpha value is -2.38. The van der Waals surface area contributed by atoms with Crippen molar-refractivity contribution in [3.8, 4) is 11.4 Å². The number of hydrogen-bond donors (Lipinski definition) is 1. The summed E-state index contributed by atoms with van der Waals surface area (Å²) in [6.07, 6.45) is 3.53. The van der Waals surface area contributed by atoms with Gasteiger partial charge in [0.05, 0.1) is 16.4 Å². The molecule has 0 saturated heterocycles. The zero-order chi connectivity index (χ0) is 18.4. The van der Waals surface area contributed by atoms with Crippen LogP contribution in [-0.2, 0) is 4.79 Å². The molecule has 0 radical (unpaired) electrons. The molecule has 2 aromatic carbocycles. The predicted octanol–water partition coefficient (Wildman–Crippen LogP) is 4.53. The molecule has 3 aromatic rings. The Kier molecular flexibility index (Phi) is 6.25. The summed E-state index contributed by atoms with van der Waals surface area (Å²) < 4.78 is 9.14. The van der Waals surface area contributed by atoms with Crippen molar-refractivity contribution in [1.29, 1.82) is 0 Å². The van der Waals surface area contributed by atoms with E-state index >= 15 is 0 Å². The second-order valence-corrected chi connectivity index (χ2v) is 7.07. The Morgan fingerprint density at radius 1 is 1.12 bits per heavy atom. The summed E-state index contributed by atoms with van der Waals surface area (Å²) in [6.45, 7) is -0.128. The van der Waals surface area contributed by atoms with Gasteiger partial charge in [-0.1, -0.05) is 34.1 Å². The van der Waals surface area contributed by atoms with Gasteiger partial charge in [0.15, 0.2) is 6.61 Å². The molecule has 3 rings (SSSR count). The summed E-state index contributed by atoms with van der Waals surface area (Å²) in [6, 6.07) is 19.2. The molecule has 1 heterocycles. The van der Waals surface area contributed by atoms with Crippen LogP contribution in [-0.4, -0.2) is 23.3 Å². The molecule has 0 saturated carbocycles. The normalized spacial score (nSPS) is 10.8. The number of nitrogens with zero attached hydrogens (tertiary/aromatic N) is 2. The standard InChI is InChI=1S/C19H15Br2N3O2/c20-14-8-9-18(17(21)11-14)26-13-19(25)23-22-12-16-7-4-10-24(16)15-5-2-1-3-6-15/h1-12H,13H2,(H,23,25)/b22-12+. The number of hydrogen-bond acceptors (Lipinski definition) is 3. The van der Waals surface area contributed by atoms with Crippen molar-refractivity contribution >= 4 is 44.0 Å². The zero-order valence-corrected chi connectivity index (χ0v) is 16.8. The Bertz CT molecular complexity index is 924. The first-order valence-electron chi connectivity index (χ1n) is 7.76. The maximum Gasteiger partial charge on any atom is 0.277 e. The second-order valence-electron chi connectivity index (χ2n) is 5.30. The summed E-state index contributed by atoms with van der Waals surface area (Å²) in [5.74, 6) is 0.249. The number of carbonyl (C=O) groups excluding carboxylic acids is 1. The van der Waals surface area contributed by atoms with E-state index in [2.05, 4.69) is 42.4 Å². The van der Waals surface area contributed by atoms with E-state index in [0.29, 0.717) is 5.75 Å². The molecule has 0 spiro atoms. The van der Waals surface area contributed by atoms with E-state index < -0.39 is 0 Å². The first-order chi connectivity index (χ1) is 12.6. The van der Waals surface area contributed by atoms with Crippen molar-refractivity contribution in [2.24, 2.45) is 5.10 Å². The van der Waals surface area contributed by atoms with Crippen molar-refractivity contribution in [3.63, 3.8) is 0 Å². The van der Waals surface area contributed by atoms with E-state index in [1.54, 1.807) is 12.3 Å². The van der Waals surface area contributed by atoms with E-state index in [0.717, 1.165) is 20.3 Å². The molecule has 132 valence electrons. The highest BCUT2D eigenvalue weighted by molar-refractivity contribution is 9.11. The molecule has 0 fully saturated rings. The van der Waals surface area contributed by atoms with Gasteiger partial charge >= 0.3 is 0 Å². The van der Waals surface area contributed by atoms with Crippen LogP contribution in [0.15, 0.2) is 80.9 Å². The highest BCUT2D eigenvalue weighted by Gasteiger charge is 2.06. The molecule has 0 aliphatic heterocycles. The molecule has 5 nitrogen and oxygen atoms in total. The second kappa shape index (κ2) is 8.82. The average molecular weight is 477 g/mol. The van der Waals surface area contributed by atoms with Crippen molar-refractivity contribution in [3.05, 3.63) is 81.5 Å². The molecule has 0 unspecified atom stereocenters. The molecular formula is C19H15Br2N3O2. The van der Waals surface area contributed by atoms with Gasteiger partial charge in [-0.25, -0.2) is 5.43 Å². The minimum absolute atomic E-state index is 0.128. The van der Waals surface area contributed by atoms with Crippen molar-refractivity contribution in [2.45, 2.75) is 0 Å². The number of rotatable bonds is 6. The number of aromatic nitrogens is 1. The lowest BCUT2D eigenvalue weighted by Gasteiger charge is -2.07. The van der Waals surface area contributed by atoms with Gasteiger partial charge in [-0.2, -0.15) is 5.10 Å². The first kappa shape index (κ1) is 18.4. The number of ether oxygens (including phenoxy) is 1. The monoisotopic (exact) mass is 475 g/mol. The maximum atomic E-state index is 11.9. The summed E-state index contributed by atoms with van der Waals surface area (Å²) in [4.78, 5) is 11.9. The van der Waals surface area contributed by atoms with Crippen LogP contribution < -0.4 is 10.2 Å². The molecule has 0 aliphatic rings. The number of amides is 1. The van der Waals surface area contributed by atoms with Crippen LogP contribution in [0, 0.1) is 0 Å². The van der Waals surface area contributed by atoms with Gasteiger partial charge in [0.1, 0.15) is 5.75 Å². The topological polar surface area (TPSA) is 55.6 Å². The van der Waals surface area contributed by atoms with Crippen LogP contribution in [0.4, 0.5) is 0 Å². The quantitative estimate of drug-likeness (QED) is 0.419. The van der Waals surface area contributed by atoms with Gasteiger partial charge in [0.25, 0.3) is 5.91 Å². The van der Waals surface area contributed by atoms with Crippen LogP contribution >= 0.6 is 31.9 Å². The number of carbonyl (C=O) groups is 1. The Morgan fingerprint density at radius 2 is 1.92 bits per heavy atom. The number of para-hydroxylation sites is 1. The zero-order valence-electron chi connectivity index (χ0n) is 13.6. The maximum absolute atomic E-state index is 11.9. The fourth-order valence-corrected chi connectivity index (χ4v) is 3.42. The lowest BCUT2D eigenvalue weighted by atomic mass is 10.3. The first-order valence-corrected chi connectivity index (χ1v) is 9.34. The summed E-state index contributed by atoms with van der Waals surface area (Å²) in [5, 5.41) is 4.00. The van der Waals surface area contributed by atoms with Gasteiger partial charge in [-0.3, -0.25) is 4.79 Å². The fourth-order valence-electron chi connectivity index (χ4n) is 2.26. The molecule has 0 aliphatic carbocycles. The molecule has 1 amide bonds. The molecule has 7 heteroatoms. The van der Waals surface area contributed by atoms with Crippen molar-refractivity contribution < 1.29 is 9.53 Å². The van der Waals surface area contributed by atoms with Crippen molar-refractivity contribution in [2.75, 3.05) is 6.61 Å². The van der Waals surface area contributed by atoms with E-state index in [1.807, 2.05) is 65.4 Å². The van der Waals surface area contributed by atoms with Gasteiger partial charge < -0.3 is 9.30 Å². The van der Waals surface area contributed by atoms with Crippen LogP contribution in [0.1, 0.15) is 5.69 Å². The van der Waals surface area contributed by atoms with E-state index in [1.165, 1.54) is 0 Å². The van der Waals surface area contributed by atoms with Crippen LogP contribution in [0.5, 0.6) is 5.75 Å². The molecule has 0 bridgehead atoms. The van der Waals surface area contributed by atoms with E-state index in [4.69, 9.17) is 4.74 Å². The highest BCUT2D eigenvalue weighted by Crippen LogP contribution is 2.28. The van der Waals surface area contributed by atoms with Gasteiger partial charge in [0.2, 0.25) is 0 Å². The third-order valence-corrected chi connectivity index (χ3v) is 4.57. The minimum atomic E-state index is -0.339. The third-order valence-electron chi connectivity index (χ3n) is 3.45. The SMILES string of the molecule is O=C(COc1ccc(Br)cc1Br)N/N=C/c1cccn1-c1ccccc1. The van der Waals surface area contributed by atoms with Gasteiger partial charge in [-0.05, 0) is 58.4 Å². The van der Waals surface area contributed by atoms with Crippen LogP contribution in [0.3, 0.4) is 0 Å². The molecule has 1 N–H and O–H groups in total. The lowest BCUT2D eigenvalue weighted by molar-refractivity contribution is -0.123. The summed E-state index contributed by atoms with van der Waals surface area (Å²) in [7, 11) is 0. The largest absolute Gasteiger partial charge is 0.483 e. The number of hydrazone groups is 1. The minimum Gasteiger partial charge on any atom is -0.483 e. The fraction of sp³-hybridized carbons (Fsp3) is 0.0526. The summed E-state index contributed by atoms with van der Waals surface area (Å²) in [5.41, 5.74) is 4.34. The highest BCUT2D eigenvalue weighted by atomic mass is 79.9. The number of nitrogens with one attached hydrogen (secondary N) is 1. The van der Waals surface area contributed by atoms with E-state index in [-0.39, 0.29) is 12.5 Å². The third kappa shape index (κ3) is 4.83. The molecular weight excluding hydrogens is 462 g/mol. The molecule has 26 heavy (non-hydrogen) atoms. The number of halogens is 2. The van der Waals surface area contributed by atoms with Gasteiger partial charge in [-0.15, -0.1) is 0 Å². The van der Waals surface area contributed by atoms with Crippen LogP contribution in [0.25, 0.3) is 5.69 Å². The van der Waals surface area contributed by atoms with Gasteiger partial charge in [0, 0.05) is 16.4 Å². The predicted molar refractivity (Wildman–Crippen MR) is 109 cm³/mol. The Balaban J connectivity index is 1.56.